The van der Waals surface area contributed by atoms with Gasteiger partial charge in [-0.15, -0.1) is 0 Å². The van der Waals surface area contributed by atoms with Crippen LogP contribution in [0.2, 0.25) is 0 Å². The largest absolute Gasteiger partial charge is 0.356 e. The fraction of sp³-hybridized carbons (Fsp3) is 0.346. The third-order valence-corrected chi connectivity index (χ3v) is 6.80. The summed E-state index contributed by atoms with van der Waals surface area (Å²) in [5, 5.41) is 6.21. The Morgan fingerprint density at radius 2 is 1.83 bits per heavy atom. The van der Waals surface area contributed by atoms with Crippen molar-refractivity contribution in [3.63, 3.8) is 0 Å². The first kappa shape index (κ1) is 24.7. The van der Waals surface area contributed by atoms with Crippen LogP contribution in [0.5, 0.6) is 0 Å². The zero-order valence-corrected chi connectivity index (χ0v) is 20.7. The van der Waals surface area contributed by atoms with Gasteiger partial charge >= 0.3 is 0 Å². The molecule has 0 saturated carbocycles. The van der Waals surface area contributed by atoms with E-state index in [1.165, 1.54) is 16.7 Å². The Morgan fingerprint density at radius 3 is 2.60 bits per heavy atom. The smallest absolute Gasteiger partial charge is 0.259 e. The van der Waals surface area contributed by atoms with Crippen molar-refractivity contribution in [1.82, 2.24) is 15.5 Å². The molecule has 0 spiro atoms. The van der Waals surface area contributed by atoms with Crippen molar-refractivity contribution < 1.29 is 14.4 Å². The zero-order valence-electron chi connectivity index (χ0n) is 19.9. The van der Waals surface area contributed by atoms with E-state index in [0.717, 1.165) is 17.5 Å². The van der Waals surface area contributed by atoms with Crippen LogP contribution < -0.4 is 10.6 Å². The van der Waals surface area contributed by atoms with Crippen LogP contribution >= 0.6 is 11.8 Å². The lowest BCUT2D eigenvalue weighted by Crippen LogP contribution is -2.42. The van der Waals surface area contributed by atoms with Crippen LogP contribution in [0.15, 0.2) is 64.6 Å². The first-order valence-electron chi connectivity index (χ1n) is 11.8. The molecule has 2 aliphatic heterocycles. The normalized spacial score (nSPS) is 17.1. The number of nitrogens with one attached hydrogen (secondary N) is 2. The molecule has 182 valence electrons. The molecule has 2 aliphatic rings. The van der Waals surface area contributed by atoms with Crippen LogP contribution in [0, 0.1) is 0 Å². The first-order chi connectivity index (χ1) is 17.0. The van der Waals surface area contributed by atoms with E-state index < -0.39 is 6.04 Å². The summed E-state index contributed by atoms with van der Waals surface area (Å²) in [5.74, 6) is -0.0393. The van der Waals surface area contributed by atoms with Crippen molar-refractivity contribution in [2.45, 2.75) is 45.2 Å². The number of amidine groups is 2. The van der Waals surface area contributed by atoms with Gasteiger partial charge in [-0.05, 0) is 37.5 Å². The molecular weight excluding hydrogens is 462 g/mol. The summed E-state index contributed by atoms with van der Waals surface area (Å²) in [7, 11) is 0. The number of hydrogen-bond acceptors (Lipinski definition) is 6. The number of benzene rings is 2. The molecule has 0 fully saturated rings. The summed E-state index contributed by atoms with van der Waals surface area (Å²) >= 11 is 1.20. The minimum atomic E-state index is -0.826. The first-order valence-corrected chi connectivity index (χ1v) is 12.8. The van der Waals surface area contributed by atoms with E-state index in [1.54, 1.807) is 0 Å². The molecule has 2 aromatic rings. The number of amides is 3. The van der Waals surface area contributed by atoms with Crippen molar-refractivity contribution in [2.75, 3.05) is 12.3 Å². The van der Waals surface area contributed by atoms with E-state index in [0.29, 0.717) is 29.7 Å². The van der Waals surface area contributed by atoms with Gasteiger partial charge in [0.25, 0.3) is 5.91 Å². The van der Waals surface area contributed by atoms with Crippen molar-refractivity contribution in [3.8, 4) is 0 Å². The van der Waals surface area contributed by atoms with E-state index in [9.17, 15) is 14.4 Å². The highest BCUT2D eigenvalue weighted by Crippen LogP contribution is 2.34. The van der Waals surface area contributed by atoms with E-state index in [2.05, 4.69) is 20.6 Å². The van der Waals surface area contributed by atoms with Crippen LogP contribution in [0.25, 0.3) is 0 Å². The minimum Gasteiger partial charge on any atom is -0.356 e. The molecule has 2 aromatic carbocycles. The lowest BCUT2D eigenvalue weighted by Gasteiger charge is -2.25. The third-order valence-electron chi connectivity index (χ3n) is 5.86. The van der Waals surface area contributed by atoms with Crippen molar-refractivity contribution in [3.05, 3.63) is 65.7 Å². The summed E-state index contributed by atoms with van der Waals surface area (Å²) < 4.78 is 0. The Labute approximate surface area is 209 Å². The number of nitrogens with zero attached hydrogens (tertiary/aromatic N) is 3. The van der Waals surface area contributed by atoms with Crippen LogP contribution in [0.4, 0.5) is 5.69 Å². The summed E-state index contributed by atoms with van der Waals surface area (Å²) in [6, 6.07) is 16.6. The summed E-state index contributed by atoms with van der Waals surface area (Å²) in [4.78, 5) is 48.9. The van der Waals surface area contributed by atoms with E-state index in [4.69, 9.17) is 0 Å². The SMILES string of the molecule is CC[C@@H](C)NC(=O)CSC1=Nc2ccccc2C2=N[C@@H](CC(=O)NCCc3ccccc3)C(=O)N12. The van der Waals surface area contributed by atoms with Crippen LogP contribution in [-0.2, 0) is 20.8 Å². The van der Waals surface area contributed by atoms with Gasteiger partial charge in [-0.25, -0.2) is 9.89 Å². The lowest BCUT2D eigenvalue weighted by molar-refractivity contribution is -0.128. The average Bonchev–Trinajstić information content (AvgIpc) is 3.19. The van der Waals surface area contributed by atoms with Crippen molar-refractivity contribution >= 4 is 46.2 Å². The Kier molecular flexibility index (Phi) is 7.97. The van der Waals surface area contributed by atoms with Gasteiger partial charge in [-0.1, -0.05) is 61.2 Å². The fourth-order valence-corrected chi connectivity index (χ4v) is 4.63. The predicted octanol–water partition coefficient (Wildman–Crippen LogP) is 3.04. The summed E-state index contributed by atoms with van der Waals surface area (Å²) in [6.07, 6.45) is 1.51. The second-order valence-corrected chi connectivity index (χ2v) is 9.45. The summed E-state index contributed by atoms with van der Waals surface area (Å²) in [5.41, 5.74) is 2.56. The Hall–Kier alpha value is -3.46. The van der Waals surface area contributed by atoms with E-state index in [1.807, 2.05) is 68.4 Å². The Bertz CT molecular complexity index is 1160. The van der Waals surface area contributed by atoms with E-state index in [-0.39, 0.29) is 35.9 Å². The van der Waals surface area contributed by atoms with Crippen molar-refractivity contribution in [1.29, 1.82) is 0 Å². The van der Waals surface area contributed by atoms with Gasteiger partial charge in [0.1, 0.15) is 11.9 Å². The van der Waals surface area contributed by atoms with E-state index >= 15 is 0 Å². The van der Waals surface area contributed by atoms with Gasteiger partial charge in [0.05, 0.1) is 17.9 Å². The number of carbonyl (C=O) groups excluding carboxylic acids is 3. The topological polar surface area (TPSA) is 103 Å². The standard InChI is InChI=1S/C26H29N5O3S/c1-3-17(2)28-23(33)16-35-26-30-20-12-8-7-11-19(20)24-29-21(25(34)31(24)26)15-22(32)27-14-13-18-9-5-4-6-10-18/h4-12,17,21H,3,13-16H2,1-2H3,(H,27,32)(H,28,33)/t17-,21+/m1/s1. The highest BCUT2D eigenvalue weighted by molar-refractivity contribution is 8.14. The lowest BCUT2D eigenvalue weighted by atomic mass is 10.1. The molecule has 2 N–H and O–H groups in total. The second kappa shape index (κ2) is 11.3. The highest BCUT2D eigenvalue weighted by atomic mass is 32.2. The number of para-hydroxylation sites is 1. The summed E-state index contributed by atoms with van der Waals surface area (Å²) in [6.45, 7) is 4.44. The number of thioether (sulfide) groups is 1. The highest BCUT2D eigenvalue weighted by Gasteiger charge is 2.42. The molecule has 0 unspecified atom stereocenters. The van der Waals surface area contributed by atoms with Crippen molar-refractivity contribution in [2.24, 2.45) is 9.98 Å². The van der Waals surface area contributed by atoms with Gasteiger partial charge < -0.3 is 10.6 Å². The number of fused-ring (bicyclic) bond motifs is 3. The van der Waals surface area contributed by atoms with Gasteiger partial charge in [-0.2, -0.15) is 0 Å². The fourth-order valence-electron chi connectivity index (χ4n) is 3.82. The number of aliphatic imine (C=N–C) groups is 2. The maximum absolute atomic E-state index is 13.3. The molecule has 9 heteroatoms. The quantitative estimate of drug-likeness (QED) is 0.563. The molecule has 0 saturated heterocycles. The molecule has 4 rings (SSSR count). The predicted molar refractivity (Wildman–Crippen MR) is 139 cm³/mol. The number of rotatable bonds is 9. The maximum Gasteiger partial charge on any atom is 0.259 e. The van der Waals surface area contributed by atoms with Gasteiger partial charge in [0.2, 0.25) is 11.8 Å². The molecular formula is C26H29N5O3S. The molecule has 3 amide bonds. The Morgan fingerprint density at radius 1 is 1.09 bits per heavy atom. The molecule has 0 aliphatic carbocycles. The molecule has 0 bridgehead atoms. The van der Waals surface area contributed by atoms with Crippen LogP contribution in [0.3, 0.4) is 0 Å². The minimum absolute atomic E-state index is 0.0394. The number of carbonyl (C=O) groups is 3. The Balaban J connectivity index is 1.43. The van der Waals surface area contributed by atoms with Crippen LogP contribution in [0.1, 0.15) is 37.8 Å². The number of hydrogen-bond donors (Lipinski definition) is 2. The average molecular weight is 492 g/mol. The second-order valence-electron chi connectivity index (χ2n) is 8.51. The van der Waals surface area contributed by atoms with Crippen LogP contribution in [-0.4, -0.2) is 58.0 Å². The monoisotopic (exact) mass is 491 g/mol. The molecule has 2 atom stereocenters. The maximum atomic E-state index is 13.3. The molecule has 35 heavy (non-hydrogen) atoms. The zero-order chi connectivity index (χ0) is 24.8. The molecule has 0 radical (unpaired) electrons. The third kappa shape index (κ3) is 5.97. The molecule has 2 heterocycles. The van der Waals surface area contributed by atoms with Gasteiger partial charge in [-0.3, -0.25) is 19.4 Å². The van der Waals surface area contributed by atoms with Gasteiger partial charge in [0.15, 0.2) is 5.17 Å². The van der Waals surface area contributed by atoms with Gasteiger partial charge in [0, 0.05) is 18.2 Å². The molecule has 8 nitrogen and oxygen atoms in total. The molecule has 0 aromatic heterocycles.